The van der Waals surface area contributed by atoms with Gasteiger partial charge in [0, 0.05) is 11.9 Å². The minimum atomic E-state index is -1.09. The second kappa shape index (κ2) is 4.94. The Morgan fingerprint density at radius 2 is 2.05 bits per heavy atom. The molecule has 0 aliphatic heterocycles. The predicted molar refractivity (Wildman–Crippen MR) is 76.5 cm³/mol. The Labute approximate surface area is 120 Å². The SMILES string of the molecule is CCn1nc(C)c2c(C)c(Cl)c(=O)n(C(C)C(=O)O)c21. The standard InChI is InChI=1S/C13H16ClN3O3/c1-5-16-11-9(7(3)15-16)6(2)10(14)12(18)17(11)8(4)13(19)20/h8H,5H2,1-4H3,(H,19,20). The molecular formula is C13H16ClN3O3. The number of fused-ring (bicyclic) bond motifs is 1. The van der Waals surface area contributed by atoms with Gasteiger partial charge in [0.1, 0.15) is 16.7 Å². The zero-order valence-electron chi connectivity index (χ0n) is 11.8. The van der Waals surface area contributed by atoms with Crippen molar-refractivity contribution in [1.29, 1.82) is 0 Å². The average molecular weight is 298 g/mol. The van der Waals surface area contributed by atoms with Gasteiger partial charge < -0.3 is 5.11 Å². The van der Waals surface area contributed by atoms with Crippen LogP contribution in [0.3, 0.4) is 0 Å². The van der Waals surface area contributed by atoms with E-state index in [9.17, 15) is 14.7 Å². The number of halogens is 1. The van der Waals surface area contributed by atoms with Crippen molar-refractivity contribution in [3.05, 3.63) is 26.6 Å². The highest BCUT2D eigenvalue weighted by molar-refractivity contribution is 6.32. The minimum absolute atomic E-state index is 0.0457. The van der Waals surface area contributed by atoms with Crippen molar-refractivity contribution in [1.82, 2.24) is 14.3 Å². The summed E-state index contributed by atoms with van der Waals surface area (Å²) in [7, 11) is 0. The molecule has 1 atom stereocenters. The summed E-state index contributed by atoms with van der Waals surface area (Å²) in [5.41, 5.74) is 1.37. The Balaban J connectivity index is 3.06. The van der Waals surface area contributed by atoms with Gasteiger partial charge in [-0.15, -0.1) is 0 Å². The molecule has 0 saturated carbocycles. The number of hydrogen-bond acceptors (Lipinski definition) is 3. The van der Waals surface area contributed by atoms with Crippen LogP contribution in [0.5, 0.6) is 0 Å². The molecule has 1 unspecified atom stereocenters. The normalized spacial score (nSPS) is 12.8. The van der Waals surface area contributed by atoms with E-state index in [2.05, 4.69) is 5.10 Å². The van der Waals surface area contributed by atoms with Crippen LogP contribution in [0.1, 0.15) is 31.1 Å². The van der Waals surface area contributed by atoms with Gasteiger partial charge in [-0.3, -0.25) is 9.36 Å². The molecule has 0 saturated heterocycles. The highest BCUT2D eigenvalue weighted by atomic mass is 35.5. The number of aliphatic carboxylic acids is 1. The van der Waals surface area contributed by atoms with E-state index in [0.29, 0.717) is 17.8 Å². The van der Waals surface area contributed by atoms with Gasteiger partial charge in [-0.25, -0.2) is 9.48 Å². The first-order chi connectivity index (χ1) is 9.31. The predicted octanol–water partition coefficient (Wildman–Crippen LogP) is 2.13. The first-order valence-corrected chi connectivity index (χ1v) is 6.69. The summed E-state index contributed by atoms with van der Waals surface area (Å²) in [5, 5.41) is 14.4. The molecule has 2 aromatic rings. The second-order valence-electron chi connectivity index (χ2n) is 4.73. The quantitative estimate of drug-likeness (QED) is 0.941. The van der Waals surface area contributed by atoms with Crippen molar-refractivity contribution < 1.29 is 9.90 Å². The maximum atomic E-state index is 12.4. The molecule has 108 valence electrons. The number of carboxylic acids is 1. The molecule has 0 amide bonds. The smallest absolute Gasteiger partial charge is 0.326 e. The van der Waals surface area contributed by atoms with E-state index in [0.717, 1.165) is 11.1 Å². The van der Waals surface area contributed by atoms with Gasteiger partial charge in [-0.05, 0) is 33.3 Å². The van der Waals surface area contributed by atoms with Gasteiger partial charge in [0.05, 0.1) is 5.69 Å². The zero-order chi connectivity index (χ0) is 15.2. The Morgan fingerprint density at radius 3 is 2.55 bits per heavy atom. The molecule has 0 bridgehead atoms. The third-order valence-corrected chi connectivity index (χ3v) is 3.93. The van der Waals surface area contributed by atoms with E-state index >= 15 is 0 Å². The van der Waals surface area contributed by atoms with E-state index in [1.54, 1.807) is 11.6 Å². The first-order valence-electron chi connectivity index (χ1n) is 6.31. The Bertz CT molecular complexity index is 761. The third-order valence-electron chi connectivity index (χ3n) is 3.48. The van der Waals surface area contributed by atoms with Crippen LogP contribution in [-0.4, -0.2) is 25.4 Å². The van der Waals surface area contributed by atoms with Crippen LogP contribution in [0.15, 0.2) is 4.79 Å². The van der Waals surface area contributed by atoms with E-state index in [1.807, 2.05) is 13.8 Å². The Kier molecular flexibility index (Phi) is 3.60. The number of rotatable bonds is 3. The van der Waals surface area contributed by atoms with Gasteiger partial charge >= 0.3 is 5.97 Å². The van der Waals surface area contributed by atoms with Crippen molar-refractivity contribution in [2.45, 2.75) is 40.3 Å². The summed E-state index contributed by atoms with van der Waals surface area (Å²) in [6.07, 6.45) is 0. The third kappa shape index (κ3) is 1.91. The van der Waals surface area contributed by atoms with Crippen LogP contribution in [0.4, 0.5) is 0 Å². The average Bonchev–Trinajstić information content (AvgIpc) is 2.73. The van der Waals surface area contributed by atoms with Crippen molar-refractivity contribution >= 4 is 28.6 Å². The molecule has 0 fully saturated rings. The Hall–Kier alpha value is -1.82. The molecule has 2 heterocycles. The highest BCUT2D eigenvalue weighted by Crippen LogP contribution is 2.27. The van der Waals surface area contributed by atoms with Crippen LogP contribution in [0.2, 0.25) is 5.02 Å². The summed E-state index contributed by atoms with van der Waals surface area (Å²) < 4.78 is 2.84. The monoisotopic (exact) mass is 297 g/mol. The van der Waals surface area contributed by atoms with Gasteiger partial charge in [-0.1, -0.05) is 11.6 Å². The van der Waals surface area contributed by atoms with Gasteiger partial charge in [0.2, 0.25) is 0 Å². The Morgan fingerprint density at radius 1 is 1.45 bits per heavy atom. The summed E-state index contributed by atoms with van der Waals surface area (Å²) in [4.78, 5) is 23.6. The lowest BCUT2D eigenvalue weighted by Crippen LogP contribution is -2.30. The number of nitrogens with zero attached hydrogens (tertiary/aromatic N) is 3. The van der Waals surface area contributed by atoms with E-state index < -0.39 is 17.6 Å². The van der Waals surface area contributed by atoms with Crippen LogP contribution >= 0.6 is 11.6 Å². The first kappa shape index (κ1) is 14.6. The van der Waals surface area contributed by atoms with Crippen molar-refractivity contribution in [3.8, 4) is 0 Å². The fourth-order valence-electron chi connectivity index (χ4n) is 2.42. The van der Waals surface area contributed by atoms with Gasteiger partial charge in [0.25, 0.3) is 5.56 Å². The van der Waals surface area contributed by atoms with Crippen molar-refractivity contribution in [3.63, 3.8) is 0 Å². The largest absolute Gasteiger partial charge is 0.480 e. The summed E-state index contributed by atoms with van der Waals surface area (Å²) in [5.74, 6) is -1.09. The van der Waals surface area contributed by atoms with Crippen LogP contribution in [0, 0.1) is 13.8 Å². The molecule has 6 nitrogen and oxygen atoms in total. The molecule has 2 aromatic heterocycles. The molecule has 2 rings (SSSR count). The summed E-state index contributed by atoms with van der Waals surface area (Å²) >= 11 is 6.07. The lowest BCUT2D eigenvalue weighted by Gasteiger charge is -2.16. The fraction of sp³-hybridized carbons (Fsp3) is 0.462. The maximum Gasteiger partial charge on any atom is 0.326 e. The van der Waals surface area contributed by atoms with Crippen LogP contribution in [0.25, 0.3) is 11.0 Å². The summed E-state index contributed by atoms with van der Waals surface area (Å²) in [6, 6.07) is -1.01. The number of aryl methyl sites for hydroxylation is 3. The second-order valence-corrected chi connectivity index (χ2v) is 5.11. The summed E-state index contributed by atoms with van der Waals surface area (Å²) in [6.45, 7) is 7.44. The van der Waals surface area contributed by atoms with Gasteiger partial charge in [-0.2, -0.15) is 5.10 Å². The highest BCUT2D eigenvalue weighted by Gasteiger charge is 2.25. The molecule has 0 aromatic carbocycles. The van der Waals surface area contributed by atoms with Crippen LogP contribution in [-0.2, 0) is 11.3 Å². The molecule has 0 aliphatic rings. The van der Waals surface area contributed by atoms with Gasteiger partial charge in [0.15, 0.2) is 0 Å². The number of hydrogen-bond donors (Lipinski definition) is 1. The van der Waals surface area contributed by atoms with Crippen molar-refractivity contribution in [2.24, 2.45) is 0 Å². The van der Waals surface area contributed by atoms with E-state index in [-0.39, 0.29) is 5.02 Å². The molecule has 1 N–H and O–H groups in total. The van der Waals surface area contributed by atoms with Crippen molar-refractivity contribution in [2.75, 3.05) is 0 Å². The number of pyridine rings is 1. The van der Waals surface area contributed by atoms with Crippen LogP contribution < -0.4 is 5.56 Å². The molecular weight excluding hydrogens is 282 g/mol. The fourth-order valence-corrected chi connectivity index (χ4v) is 2.60. The topological polar surface area (TPSA) is 77.1 Å². The lowest BCUT2D eigenvalue weighted by molar-refractivity contribution is -0.140. The van der Waals surface area contributed by atoms with E-state index in [1.165, 1.54) is 11.5 Å². The van der Waals surface area contributed by atoms with E-state index in [4.69, 9.17) is 11.6 Å². The molecule has 7 heteroatoms. The molecule has 0 radical (unpaired) electrons. The molecule has 20 heavy (non-hydrogen) atoms. The zero-order valence-corrected chi connectivity index (χ0v) is 12.5. The maximum absolute atomic E-state index is 12.4. The number of carboxylic acid groups (broad SMARTS) is 1. The molecule has 0 aliphatic carbocycles. The number of aromatic nitrogens is 3. The minimum Gasteiger partial charge on any atom is -0.480 e. The lowest BCUT2D eigenvalue weighted by atomic mass is 10.1. The molecule has 0 spiro atoms. The number of carbonyl (C=O) groups is 1.